The SMILES string of the molecule is CC(C)(CCO[N+](=O)[O-])c1ccc2c(c1)OC(C)(C)[C@@]1(O)CCC(=O)C[C@H]21. The highest BCUT2D eigenvalue weighted by atomic mass is 16.9. The van der Waals surface area contributed by atoms with E-state index in [2.05, 4.69) is 4.84 Å². The van der Waals surface area contributed by atoms with Gasteiger partial charge < -0.3 is 14.7 Å². The van der Waals surface area contributed by atoms with Crippen LogP contribution in [0.4, 0.5) is 0 Å². The van der Waals surface area contributed by atoms with Crippen LogP contribution in [0.15, 0.2) is 18.2 Å². The van der Waals surface area contributed by atoms with E-state index < -0.39 is 16.3 Å². The molecule has 0 saturated heterocycles. The molecule has 148 valence electrons. The lowest BCUT2D eigenvalue weighted by Gasteiger charge is -2.53. The van der Waals surface area contributed by atoms with Gasteiger partial charge in [0.1, 0.15) is 22.7 Å². The third-order valence-corrected chi connectivity index (χ3v) is 6.30. The molecule has 0 bridgehead atoms. The van der Waals surface area contributed by atoms with Gasteiger partial charge in [0.15, 0.2) is 0 Å². The number of fused-ring (bicyclic) bond motifs is 3. The van der Waals surface area contributed by atoms with Crippen LogP contribution in [0.1, 0.15) is 70.4 Å². The molecule has 3 rings (SSSR count). The molecule has 7 nitrogen and oxygen atoms in total. The van der Waals surface area contributed by atoms with Crippen LogP contribution >= 0.6 is 0 Å². The molecule has 0 radical (unpaired) electrons. The van der Waals surface area contributed by atoms with Gasteiger partial charge in [0.25, 0.3) is 5.09 Å². The van der Waals surface area contributed by atoms with E-state index in [-0.39, 0.29) is 23.7 Å². The summed E-state index contributed by atoms with van der Waals surface area (Å²) in [5.41, 5.74) is -0.426. The highest BCUT2D eigenvalue weighted by Crippen LogP contribution is 2.54. The van der Waals surface area contributed by atoms with Crippen molar-refractivity contribution >= 4 is 5.78 Å². The first-order valence-electron chi connectivity index (χ1n) is 9.31. The lowest BCUT2D eigenvalue weighted by Crippen LogP contribution is -2.62. The minimum absolute atomic E-state index is 0.0142. The molecule has 2 atom stereocenters. The van der Waals surface area contributed by atoms with E-state index in [1.165, 1.54) is 0 Å². The Morgan fingerprint density at radius 1 is 1.41 bits per heavy atom. The summed E-state index contributed by atoms with van der Waals surface area (Å²) >= 11 is 0. The number of Topliss-reactive ketones (excluding diaryl/α,β-unsaturated/α-hetero) is 1. The highest BCUT2D eigenvalue weighted by Gasteiger charge is 2.57. The summed E-state index contributed by atoms with van der Waals surface area (Å²) in [6, 6.07) is 5.80. The van der Waals surface area contributed by atoms with Crippen molar-refractivity contribution in [3.63, 3.8) is 0 Å². The first kappa shape index (κ1) is 19.6. The molecule has 0 amide bonds. The zero-order chi connectivity index (χ0) is 20.0. The Bertz CT molecular complexity index is 772. The van der Waals surface area contributed by atoms with Gasteiger partial charge in [-0.25, -0.2) is 0 Å². The number of nitrogens with zero attached hydrogens (tertiary/aromatic N) is 1. The number of ether oxygens (including phenoxy) is 1. The Morgan fingerprint density at radius 2 is 2.11 bits per heavy atom. The van der Waals surface area contributed by atoms with Gasteiger partial charge >= 0.3 is 0 Å². The Labute approximate surface area is 158 Å². The van der Waals surface area contributed by atoms with Crippen LogP contribution in [0, 0.1) is 10.1 Å². The van der Waals surface area contributed by atoms with E-state index in [0.29, 0.717) is 31.4 Å². The summed E-state index contributed by atoms with van der Waals surface area (Å²) in [7, 11) is 0. The van der Waals surface area contributed by atoms with E-state index in [0.717, 1.165) is 11.1 Å². The van der Waals surface area contributed by atoms with Gasteiger partial charge in [-0.2, -0.15) is 0 Å². The molecule has 1 aromatic carbocycles. The molecule has 7 heteroatoms. The van der Waals surface area contributed by atoms with Crippen molar-refractivity contribution in [2.75, 3.05) is 6.61 Å². The Hall–Kier alpha value is -2.15. The van der Waals surface area contributed by atoms with Crippen LogP contribution in [-0.4, -0.2) is 33.8 Å². The molecule has 27 heavy (non-hydrogen) atoms. The minimum Gasteiger partial charge on any atom is -0.485 e. The lowest BCUT2D eigenvalue weighted by molar-refractivity contribution is -0.758. The number of rotatable bonds is 5. The van der Waals surface area contributed by atoms with Crippen molar-refractivity contribution in [1.82, 2.24) is 0 Å². The second-order valence-corrected chi connectivity index (χ2v) is 8.78. The third kappa shape index (κ3) is 3.40. The van der Waals surface area contributed by atoms with Crippen LogP contribution in [0.3, 0.4) is 0 Å². The summed E-state index contributed by atoms with van der Waals surface area (Å²) in [5, 5.41) is 20.9. The summed E-state index contributed by atoms with van der Waals surface area (Å²) in [6.45, 7) is 7.72. The van der Waals surface area contributed by atoms with Crippen LogP contribution in [0.5, 0.6) is 5.75 Å². The van der Waals surface area contributed by atoms with Gasteiger partial charge in [0.2, 0.25) is 0 Å². The molecule has 2 aliphatic rings. The summed E-state index contributed by atoms with van der Waals surface area (Å²) in [6.07, 6.45) is 1.56. The standard InChI is InChI=1S/C20H27NO6/c1-18(2,9-10-26-21(24)25)13-5-6-15-16-12-14(22)7-8-20(16,23)19(3,4)27-17(15)11-13/h5-6,11,16,23H,7-10,12H2,1-4H3/t16-,20-/m1/s1. The van der Waals surface area contributed by atoms with E-state index in [4.69, 9.17) is 4.74 Å². The second-order valence-electron chi connectivity index (χ2n) is 8.78. The van der Waals surface area contributed by atoms with Crippen LogP contribution in [0.25, 0.3) is 0 Å². The smallest absolute Gasteiger partial charge is 0.294 e. The fourth-order valence-electron chi connectivity index (χ4n) is 4.31. The van der Waals surface area contributed by atoms with Gasteiger partial charge in [-0.05, 0) is 43.7 Å². The average molecular weight is 377 g/mol. The molecular weight excluding hydrogens is 350 g/mol. The maximum absolute atomic E-state index is 12.1. The van der Waals surface area contributed by atoms with Gasteiger partial charge in [-0.15, -0.1) is 10.1 Å². The fourth-order valence-corrected chi connectivity index (χ4v) is 4.31. The van der Waals surface area contributed by atoms with Gasteiger partial charge in [-0.1, -0.05) is 26.0 Å². The lowest BCUT2D eigenvalue weighted by atomic mass is 9.62. The molecular formula is C20H27NO6. The predicted molar refractivity (Wildman–Crippen MR) is 98.3 cm³/mol. The predicted octanol–water partition coefficient (Wildman–Crippen LogP) is 3.30. The molecule has 1 saturated carbocycles. The minimum atomic E-state index is -1.08. The Kier molecular flexibility index (Phi) is 4.70. The number of benzene rings is 1. The van der Waals surface area contributed by atoms with Crippen LogP contribution in [0.2, 0.25) is 0 Å². The van der Waals surface area contributed by atoms with Crippen molar-refractivity contribution in [2.24, 2.45) is 0 Å². The van der Waals surface area contributed by atoms with Gasteiger partial charge in [0.05, 0.1) is 6.61 Å². The molecule has 1 aliphatic heterocycles. The van der Waals surface area contributed by atoms with E-state index in [9.17, 15) is 20.0 Å². The summed E-state index contributed by atoms with van der Waals surface area (Å²) in [4.78, 5) is 26.9. The van der Waals surface area contributed by atoms with Crippen molar-refractivity contribution in [2.45, 2.75) is 75.9 Å². The number of ketones is 1. The maximum Gasteiger partial charge on any atom is 0.294 e. The average Bonchev–Trinajstić information content (AvgIpc) is 2.55. The van der Waals surface area contributed by atoms with E-state index in [1.807, 2.05) is 45.9 Å². The van der Waals surface area contributed by atoms with Crippen molar-refractivity contribution in [3.8, 4) is 5.75 Å². The second kappa shape index (κ2) is 6.48. The Balaban J connectivity index is 1.93. The summed E-state index contributed by atoms with van der Waals surface area (Å²) < 4.78 is 6.20. The molecule has 1 aliphatic carbocycles. The van der Waals surface area contributed by atoms with Crippen molar-refractivity contribution in [3.05, 3.63) is 39.4 Å². The molecule has 0 aromatic heterocycles. The zero-order valence-corrected chi connectivity index (χ0v) is 16.3. The number of aliphatic hydroxyl groups is 1. The zero-order valence-electron chi connectivity index (χ0n) is 16.3. The third-order valence-electron chi connectivity index (χ3n) is 6.30. The number of carbonyl (C=O) groups excluding carboxylic acids is 1. The van der Waals surface area contributed by atoms with Crippen molar-refractivity contribution in [1.29, 1.82) is 0 Å². The monoisotopic (exact) mass is 377 g/mol. The van der Waals surface area contributed by atoms with Crippen LogP contribution < -0.4 is 4.74 Å². The van der Waals surface area contributed by atoms with E-state index in [1.54, 1.807) is 0 Å². The van der Waals surface area contributed by atoms with E-state index >= 15 is 0 Å². The Morgan fingerprint density at radius 3 is 2.78 bits per heavy atom. The molecule has 1 heterocycles. The number of hydrogen-bond acceptors (Lipinski definition) is 6. The molecule has 1 N–H and O–H groups in total. The first-order valence-corrected chi connectivity index (χ1v) is 9.31. The van der Waals surface area contributed by atoms with Crippen molar-refractivity contribution < 1.29 is 24.6 Å². The molecule has 0 spiro atoms. The quantitative estimate of drug-likeness (QED) is 0.624. The first-order chi connectivity index (χ1) is 12.5. The number of carbonyl (C=O) groups is 1. The molecule has 0 unspecified atom stereocenters. The largest absolute Gasteiger partial charge is 0.485 e. The highest BCUT2D eigenvalue weighted by molar-refractivity contribution is 5.81. The fraction of sp³-hybridized carbons (Fsp3) is 0.650. The molecule has 1 fully saturated rings. The normalized spacial score (nSPS) is 26.6. The molecule has 1 aromatic rings. The van der Waals surface area contributed by atoms with Crippen LogP contribution in [-0.2, 0) is 15.0 Å². The van der Waals surface area contributed by atoms with Gasteiger partial charge in [-0.3, -0.25) is 4.79 Å². The number of hydrogen-bond donors (Lipinski definition) is 1. The maximum atomic E-state index is 12.1. The summed E-state index contributed by atoms with van der Waals surface area (Å²) in [5.74, 6) is 0.548. The van der Waals surface area contributed by atoms with Gasteiger partial charge in [0, 0.05) is 24.3 Å². The topological polar surface area (TPSA) is 98.9 Å².